The van der Waals surface area contributed by atoms with Crippen molar-refractivity contribution in [1.82, 2.24) is 0 Å². The van der Waals surface area contributed by atoms with E-state index in [2.05, 4.69) is 5.32 Å². The van der Waals surface area contributed by atoms with Crippen LogP contribution in [-0.4, -0.2) is 25.2 Å². The number of hydrogen-bond donors (Lipinski definition) is 2. The number of alkyl halides is 2. The van der Waals surface area contributed by atoms with Gasteiger partial charge in [0.05, 0.1) is 13.2 Å². The van der Waals surface area contributed by atoms with Gasteiger partial charge in [-0.2, -0.15) is 0 Å². The molecule has 118 valence electrons. The van der Waals surface area contributed by atoms with Gasteiger partial charge in [-0.1, -0.05) is 0 Å². The van der Waals surface area contributed by atoms with Gasteiger partial charge in [0.15, 0.2) is 0 Å². The number of carbonyl (C=O) groups is 1. The quantitative estimate of drug-likeness (QED) is 0.895. The minimum absolute atomic E-state index is 0.0789. The first-order valence-electron chi connectivity index (χ1n) is 6.35. The highest BCUT2D eigenvalue weighted by Gasteiger charge is 2.23. The van der Waals surface area contributed by atoms with Gasteiger partial charge in [-0.05, 0) is 39.0 Å². The Bertz CT molecular complexity index is 501. The Balaban J connectivity index is 3.03. The number of methoxy groups -OCH3 is 1. The van der Waals surface area contributed by atoms with Crippen LogP contribution in [0.15, 0.2) is 18.2 Å². The van der Waals surface area contributed by atoms with Crippen LogP contribution in [0.2, 0.25) is 0 Å². The normalized spacial score (nSPS) is 13.0. The van der Waals surface area contributed by atoms with Crippen molar-refractivity contribution in [3.63, 3.8) is 0 Å². The van der Waals surface area contributed by atoms with Gasteiger partial charge < -0.3 is 15.2 Å². The zero-order chi connectivity index (χ0) is 16.2. The second-order valence-corrected chi connectivity index (χ2v) is 5.44. The average Bonchev–Trinajstić information content (AvgIpc) is 2.35. The van der Waals surface area contributed by atoms with E-state index in [4.69, 9.17) is 15.2 Å². The first kappa shape index (κ1) is 17.2. The van der Waals surface area contributed by atoms with E-state index in [0.717, 1.165) is 0 Å². The lowest BCUT2D eigenvalue weighted by Crippen LogP contribution is -2.28. The molecule has 0 aliphatic carbocycles. The van der Waals surface area contributed by atoms with Crippen LogP contribution < -0.4 is 15.8 Å². The van der Waals surface area contributed by atoms with Crippen LogP contribution in [0.4, 0.5) is 19.3 Å². The third-order valence-electron chi connectivity index (χ3n) is 2.52. The highest BCUT2D eigenvalue weighted by atomic mass is 19.3. The van der Waals surface area contributed by atoms with Gasteiger partial charge in [-0.25, -0.2) is 13.6 Å². The first-order chi connectivity index (χ1) is 9.64. The molecule has 1 aromatic carbocycles. The van der Waals surface area contributed by atoms with Crippen LogP contribution in [0, 0.1) is 0 Å². The third-order valence-corrected chi connectivity index (χ3v) is 2.52. The Morgan fingerprint density at radius 1 is 1.33 bits per heavy atom. The van der Waals surface area contributed by atoms with E-state index in [1.807, 2.05) is 0 Å². The summed E-state index contributed by atoms with van der Waals surface area (Å²) < 4.78 is 35.7. The van der Waals surface area contributed by atoms with Gasteiger partial charge in [0, 0.05) is 11.3 Å². The number of nitrogens with two attached hydrogens (primary N) is 1. The summed E-state index contributed by atoms with van der Waals surface area (Å²) in [5, 5.41) is 2.42. The number of hydrogen-bond acceptors (Lipinski definition) is 4. The Morgan fingerprint density at radius 3 is 2.43 bits per heavy atom. The molecule has 1 unspecified atom stereocenters. The number of benzene rings is 1. The second-order valence-electron chi connectivity index (χ2n) is 5.44. The number of rotatable bonds is 4. The Hall–Kier alpha value is -1.89. The molecule has 0 aliphatic heterocycles. The van der Waals surface area contributed by atoms with E-state index in [1.165, 1.54) is 25.3 Å². The number of halogens is 2. The zero-order valence-corrected chi connectivity index (χ0v) is 12.4. The summed E-state index contributed by atoms with van der Waals surface area (Å²) in [6, 6.07) is 2.81. The van der Waals surface area contributed by atoms with Crippen molar-refractivity contribution in [2.45, 2.75) is 38.8 Å². The minimum atomic E-state index is -2.77. The number of carbonyl (C=O) groups excluding carboxylic acids is 1. The van der Waals surface area contributed by atoms with Crippen molar-refractivity contribution in [2.24, 2.45) is 5.73 Å². The van der Waals surface area contributed by atoms with E-state index in [9.17, 15) is 13.6 Å². The monoisotopic (exact) mass is 302 g/mol. The Kier molecular flexibility index (Phi) is 5.48. The average molecular weight is 302 g/mol. The molecule has 0 saturated heterocycles. The fraction of sp³-hybridized carbons (Fsp3) is 0.500. The van der Waals surface area contributed by atoms with E-state index in [0.29, 0.717) is 5.75 Å². The van der Waals surface area contributed by atoms with Crippen molar-refractivity contribution >= 4 is 11.8 Å². The molecule has 1 atom stereocenters. The Morgan fingerprint density at radius 2 is 1.95 bits per heavy atom. The minimum Gasteiger partial charge on any atom is -0.497 e. The van der Waals surface area contributed by atoms with Gasteiger partial charge in [0.2, 0.25) is 0 Å². The van der Waals surface area contributed by atoms with Crippen LogP contribution in [-0.2, 0) is 4.74 Å². The van der Waals surface area contributed by atoms with Gasteiger partial charge in [-0.3, -0.25) is 5.32 Å². The first-order valence-corrected chi connectivity index (χ1v) is 6.35. The summed E-state index contributed by atoms with van der Waals surface area (Å²) in [7, 11) is 1.41. The maximum Gasteiger partial charge on any atom is 0.412 e. The molecule has 0 fully saturated rings. The van der Waals surface area contributed by atoms with Crippen LogP contribution in [0.25, 0.3) is 0 Å². The number of amides is 1. The topological polar surface area (TPSA) is 73.6 Å². The molecular formula is C14H20F2N2O3. The van der Waals surface area contributed by atoms with Crippen molar-refractivity contribution in [1.29, 1.82) is 0 Å². The third kappa shape index (κ3) is 5.18. The SMILES string of the molecule is COc1ccc(NC(=O)OC(C)(C)C)c(C(N)C(F)F)c1. The van der Waals surface area contributed by atoms with Gasteiger partial charge in [-0.15, -0.1) is 0 Å². The van der Waals surface area contributed by atoms with Crippen molar-refractivity contribution in [3.05, 3.63) is 23.8 Å². The maximum absolute atomic E-state index is 12.8. The number of anilines is 1. The largest absolute Gasteiger partial charge is 0.497 e. The highest BCUT2D eigenvalue weighted by Crippen LogP contribution is 2.30. The molecule has 3 N–H and O–H groups in total. The molecule has 0 radical (unpaired) electrons. The summed E-state index contributed by atoms with van der Waals surface area (Å²) >= 11 is 0. The molecule has 7 heteroatoms. The standard InChI is InChI=1S/C14H20F2N2O3/c1-14(2,3)21-13(19)18-10-6-5-8(20-4)7-9(10)11(17)12(15)16/h5-7,11-12H,17H2,1-4H3,(H,18,19). The number of ether oxygens (including phenoxy) is 2. The van der Waals surface area contributed by atoms with Crippen molar-refractivity contribution in [2.75, 3.05) is 12.4 Å². The molecule has 1 rings (SSSR count). The fourth-order valence-electron chi connectivity index (χ4n) is 1.61. The van der Waals surface area contributed by atoms with Crippen LogP contribution >= 0.6 is 0 Å². The van der Waals surface area contributed by atoms with Crippen LogP contribution in [0.5, 0.6) is 5.75 Å². The van der Waals surface area contributed by atoms with E-state index >= 15 is 0 Å². The van der Waals surface area contributed by atoms with Gasteiger partial charge in [0.25, 0.3) is 6.43 Å². The lowest BCUT2D eigenvalue weighted by Gasteiger charge is -2.22. The maximum atomic E-state index is 12.8. The second kappa shape index (κ2) is 6.71. The molecule has 1 amide bonds. The fourth-order valence-corrected chi connectivity index (χ4v) is 1.61. The van der Waals surface area contributed by atoms with E-state index in [-0.39, 0.29) is 11.3 Å². The van der Waals surface area contributed by atoms with Crippen LogP contribution in [0.1, 0.15) is 32.4 Å². The highest BCUT2D eigenvalue weighted by molar-refractivity contribution is 5.86. The lowest BCUT2D eigenvalue weighted by atomic mass is 10.1. The zero-order valence-electron chi connectivity index (χ0n) is 12.4. The van der Waals surface area contributed by atoms with E-state index in [1.54, 1.807) is 20.8 Å². The molecule has 0 aromatic heterocycles. The molecule has 0 spiro atoms. The lowest BCUT2D eigenvalue weighted by molar-refractivity contribution is 0.0634. The van der Waals surface area contributed by atoms with E-state index < -0.39 is 24.2 Å². The predicted octanol–water partition coefficient (Wildman–Crippen LogP) is 3.31. The smallest absolute Gasteiger partial charge is 0.412 e. The predicted molar refractivity (Wildman–Crippen MR) is 75.8 cm³/mol. The molecule has 0 aliphatic rings. The summed E-state index contributed by atoms with van der Waals surface area (Å²) in [5.74, 6) is 0.371. The molecule has 1 aromatic rings. The molecule has 5 nitrogen and oxygen atoms in total. The van der Waals surface area contributed by atoms with Crippen molar-refractivity contribution in [3.8, 4) is 5.75 Å². The summed E-state index contributed by atoms with van der Waals surface area (Å²) in [6.07, 6.45) is -3.51. The van der Waals surface area contributed by atoms with Gasteiger partial charge >= 0.3 is 6.09 Å². The summed E-state index contributed by atoms with van der Waals surface area (Å²) in [4.78, 5) is 11.7. The Labute approximate surface area is 122 Å². The summed E-state index contributed by atoms with van der Waals surface area (Å²) in [5.41, 5.74) is 5.02. The van der Waals surface area contributed by atoms with Crippen molar-refractivity contribution < 1.29 is 23.0 Å². The van der Waals surface area contributed by atoms with Crippen LogP contribution in [0.3, 0.4) is 0 Å². The van der Waals surface area contributed by atoms with Gasteiger partial charge in [0.1, 0.15) is 11.4 Å². The molecule has 0 saturated carbocycles. The summed E-state index contributed by atoms with van der Waals surface area (Å²) in [6.45, 7) is 5.10. The molecule has 0 heterocycles. The molecule has 0 bridgehead atoms. The molecule has 21 heavy (non-hydrogen) atoms. The molecular weight excluding hydrogens is 282 g/mol. The number of nitrogens with one attached hydrogen (secondary N) is 1.